The van der Waals surface area contributed by atoms with Gasteiger partial charge < -0.3 is 9.16 Å². The van der Waals surface area contributed by atoms with E-state index in [-0.39, 0.29) is 5.97 Å². The normalized spacial score (nSPS) is 18.7. The first-order valence-corrected chi connectivity index (χ1v) is 11.7. The standard InChI is InChI=1S/C18H34O3Si/c1-5-20-18(19)14-10-12-16-11-9-13-17(15-16)21-22(6-2,7-3)8-4/h15-16H,5-14H2,1-4H3. The Bertz CT molecular complexity index is 353. The van der Waals surface area contributed by atoms with Gasteiger partial charge in [0.2, 0.25) is 8.32 Å². The van der Waals surface area contributed by atoms with Crippen LogP contribution in [0.3, 0.4) is 0 Å². The van der Waals surface area contributed by atoms with E-state index in [9.17, 15) is 4.79 Å². The van der Waals surface area contributed by atoms with Gasteiger partial charge in [0, 0.05) is 12.8 Å². The lowest BCUT2D eigenvalue weighted by Gasteiger charge is -2.33. The van der Waals surface area contributed by atoms with Crippen LogP contribution in [0.4, 0.5) is 0 Å². The van der Waals surface area contributed by atoms with Gasteiger partial charge in [-0.2, -0.15) is 0 Å². The van der Waals surface area contributed by atoms with E-state index in [2.05, 4.69) is 26.8 Å². The Morgan fingerprint density at radius 3 is 2.50 bits per heavy atom. The second-order valence-electron chi connectivity index (χ2n) is 6.33. The minimum absolute atomic E-state index is 0.0619. The summed E-state index contributed by atoms with van der Waals surface area (Å²) in [6.45, 7) is 9.17. The van der Waals surface area contributed by atoms with Crippen molar-refractivity contribution in [2.45, 2.75) is 84.4 Å². The van der Waals surface area contributed by atoms with Gasteiger partial charge in [0.15, 0.2) is 0 Å². The van der Waals surface area contributed by atoms with Crippen molar-refractivity contribution in [1.82, 2.24) is 0 Å². The van der Waals surface area contributed by atoms with Crippen molar-refractivity contribution in [3.8, 4) is 0 Å². The number of carbonyl (C=O) groups is 1. The Balaban J connectivity index is 2.49. The molecule has 0 N–H and O–H groups in total. The lowest BCUT2D eigenvalue weighted by molar-refractivity contribution is -0.143. The van der Waals surface area contributed by atoms with Crippen molar-refractivity contribution < 1.29 is 14.0 Å². The van der Waals surface area contributed by atoms with Gasteiger partial charge in [0.25, 0.3) is 0 Å². The zero-order chi connectivity index (χ0) is 16.4. The molecular weight excluding hydrogens is 292 g/mol. The van der Waals surface area contributed by atoms with Crippen LogP contribution in [0, 0.1) is 5.92 Å². The molecule has 3 nitrogen and oxygen atoms in total. The summed E-state index contributed by atoms with van der Waals surface area (Å²) in [6.07, 6.45) is 8.45. The summed E-state index contributed by atoms with van der Waals surface area (Å²) in [4.78, 5) is 11.4. The molecule has 0 heterocycles. The van der Waals surface area contributed by atoms with Gasteiger partial charge in [-0.25, -0.2) is 0 Å². The topological polar surface area (TPSA) is 35.5 Å². The molecule has 0 amide bonds. The highest BCUT2D eigenvalue weighted by molar-refractivity contribution is 6.73. The minimum atomic E-state index is -1.54. The third-order valence-electron chi connectivity index (χ3n) is 4.96. The molecule has 0 saturated carbocycles. The van der Waals surface area contributed by atoms with Crippen LogP contribution >= 0.6 is 0 Å². The van der Waals surface area contributed by atoms with Crippen LogP contribution in [0.1, 0.15) is 66.2 Å². The summed E-state index contributed by atoms with van der Waals surface area (Å²) in [5.41, 5.74) is 0. The van der Waals surface area contributed by atoms with Gasteiger partial charge in [-0.1, -0.05) is 20.8 Å². The van der Waals surface area contributed by atoms with Crippen LogP contribution in [0.25, 0.3) is 0 Å². The molecule has 0 radical (unpaired) electrons. The monoisotopic (exact) mass is 326 g/mol. The van der Waals surface area contributed by atoms with Gasteiger partial charge in [-0.3, -0.25) is 4.79 Å². The van der Waals surface area contributed by atoms with E-state index in [1.54, 1.807) is 0 Å². The molecule has 1 aliphatic rings. The van der Waals surface area contributed by atoms with Crippen molar-refractivity contribution in [3.63, 3.8) is 0 Å². The van der Waals surface area contributed by atoms with Crippen molar-refractivity contribution >= 4 is 14.3 Å². The fourth-order valence-corrected chi connectivity index (χ4v) is 5.93. The number of rotatable bonds is 10. The molecule has 22 heavy (non-hydrogen) atoms. The van der Waals surface area contributed by atoms with Crippen LogP contribution in [0.15, 0.2) is 11.8 Å². The maximum Gasteiger partial charge on any atom is 0.305 e. The van der Waals surface area contributed by atoms with Gasteiger partial charge in [-0.05, 0) is 62.7 Å². The van der Waals surface area contributed by atoms with Crippen LogP contribution in [0.5, 0.6) is 0 Å². The number of hydrogen-bond donors (Lipinski definition) is 0. The van der Waals surface area contributed by atoms with E-state index in [1.165, 1.54) is 36.7 Å². The predicted molar refractivity (Wildman–Crippen MR) is 94.2 cm³/mol. The van der Waals surface area contributed by atoms with Crippen LogP contribution in [0.2, 0.25) is 18.1 Å². The van der Waals surface area contributed by atoms with E-state index >= 15 is 0 Å². The maximum atomic E-state index is 11.4. The Morgan fingerprint density at radius 2 is 1.91 bits per heavy atom. The maximum absolute atomic E-state index is 11.4. The smallest absolute Gasteiger partial charge is 0.305 e. The fourth-order valence-electron chi connectivity index (χ4n) is 3.27. The van der Waals surface area contributed by atoms with E-state index in [0.717, 1.165) is 19.3 Å². The summed E-state index contributed by atoms with van der Waals surface area (Å²) >= 11 is 0. The van der Waals surface area contributed by atoms with E-state index < -0.39 is 8.32 Å². The number of esters is 1. The molecule has 0 saturated heterocycles. The second kappa shape index (κ2) is 10.1. The molecule has 0 bridgehead atoms. The largest absolute Gasteiger partial charge is 0.547 e. The first kappa shape index (κ1) is 19.3. The molecular formula is C18H34O3Si. The molecule has 0 fully saturated rings. The molecule has 0 aliphatic heterocycles. The van der Waals surface area contributed by atoms with E-state index in [1.807, 2.05) is 6.92 Å². The summed E-state index contributed by atoms with van der Waals surface area (Å²) in [5.74, 6) is 1.76. The Morgan fingerprint density at radius 1 is 1.23 bits per heavy atom. The number of hydrogen-bond acceptors (Lipinski definition) is 3. The zero-order valence-corrected chi connectivity index (χ0v) is 16.0. The van der Waals surface area contributed by atoms with E-state index in [0.29, 0.717) is 18.9 Å². The lowest BCUT2D eigenvalue weighted by Crippen LogP contribution is -2.35. The predicted octanol–water partition coefficient (Wildman–Crippen LogP) is 5.43. The molecule has 0 aromatic rings. The van der Waals surface area contributed by atoms with Gasteiger partial charge in [0.1, 0.15) is 0 Å². The number of ether oxygens (including phenoxy) is 1. The van der Waals surface area contributed by atoms with Crippen molar-refractivity contribution in [2.24, 2.45) is 5.92 Å². The highest BCUT2D eigenvalue weighted by Crippen LogP contribution is 2.32. The minimum Gasteiger partial charge on any atom is -0.547 e. The Labute approximate surface area is 137 Å². The Kier molecular flexibility index (Phi) is 8.84. The molecule has 1 rings (SSSR count). The molecule has 1 unspecified atom stereocenters. The highest BCUT2D eigenvalue weighted by Gasteiger charge is 2.32. The second-order valence-corrected chi connectivity index (χ2v) is 11.0. The highest BCUT2D eigenvalue weighted by atomic mass is 28.4. The van der Waals surface area contributed by atoms with Crippen LogP contribution in [-0.2, 0) is 14.0 Å². The summed E-state index contributed by atoms with van der Waals surface area (Å²) in [6, 6.07) is 3.60. The molecule has 4 heteroatoms. The third kappa shape index (κ3) is 6.15. The van der Waals surface area contributed by atoms with Crippen molar-refractivity contribution in [2.75, 3.05) is 6.61 Å². The summed E-state index contributed by atoms with van der Waals surface area (Å²) in [7, 11) is -1.54. The number of carbonyl (C=O) groups excluding carboxylic acids is 1. The molecule has 1 aliphatic carbocycles. The molecule has 0 spiro atoms. The first-order chi connectivity index (χ1) is 10.6. The van der Waals surface area contributed by atoms with Gasteiger partial charge >= 0.3 is 5.97 Å². The lowest BCUT2D eigenvalue weighted by atomic mass is 9.90. The quantitative estimate of drug-likeness (QED) is 0.397. The average molecular weight is 327 g/mol. The summed E-state index contributed by atoms with van der Waals surface area (Å²) < 4.78 is 11.5. The fraction of sp³-hybridized carbons (Fsp3) is 0.833. The number of allylic oxidation sites excluding steroid dienone is 2. The zero-order valence-electron chi connectivity index (χ0n) is 15.0. The molecule has 0 aromatic carbocycles. The molecule has 0 aromatic heterocycles. The van der Waals surface area contributed by atoms with E-state index in [4.69, 9.17) is 9.16 Å². The van der Waals surface area contributed by atoms with Crippen molar-refractivity contribution in [3.05, 3.63) is 11.8 Å². The van der Waals surface area contributed by atoms with Gasteiger partial charge in [-0.15, -0.1) is 0 Å². The van der Waals surface area contributed by atoms with Crippen LogP contribution in [-0.4, -0.2) is 20.9 Å². The Hall–Kier alpha value is -0.773. The average Bonchev–Trinajstić information content (AvgIpc) is 2.53. The first-order valence-electron chi connectivity index (χ1n) is 9.14. The molecule has 128 valence electrons. The van der Waals surface area contributed by atoms with Gasteiger partial charge in [0.05, 0.1) is 12.4 Å². The SMILES string of the molecule is CCOC(=O)CCCC1C=C(O[Si](CC)(CC)CC)CCC1. The summed E-state index contributed by atoms with van der Waals surface area (Å²) in [5, 5.41) is 0. The molecule has 1 atom stereocenters. The third-order valence-corrected chi connectivity index (χ3v) is 9.52. The van der Waals surface area contributed by atoms with Crippen LogP contribution < -0.4 is 0 Å². The van der Waals surface area contributed by atoms with Crippen molar-refractivity contribution in [1.29, 1.82) is 0 Å².